The largest absolute Gasteiger partial charge is 0.322 e. The maximum Gasteiger partial charge on any atom is 0.257 e. The smallest absolute Gasteiger partial charge is 0.257 e. The van der Waals surface area contributed by atoms with Crippen molar-refractivity contribution in [2.75, 3.05) is 5.32 Å². The molecule has 0 saturated heterocycles. The molecule has 85 valence electrons. The van der Waals surface area contributed by atoms with E-state index < -0.39 is 0 Å². The van der Waals surface area contributed by atoms with Crippen molar-refractivity contribution in [2.24, 2.45) is 0 Å². The molecular formula is C13H8Cl2NO. The van der Waals surface area contributed by atoms with Gasteiger partial charge >= 0.3 is 0 Å². The molecule has 2 aromatic rings. The van der Waals surface area contributed by atoms with Crippen LogP contribution in [0.15, 0.2) is 42.5 Å². The zero-order chi connectivity index (χ0) is 12.3. The van der Waals surface area contributed by atoms with Crippen LogP contribution in [-0.2, 0) is 0 Å². The molecule has 0 spiro atoms. The van der Waals surface area contributed by atoms with Gasteiger partial charge in [0.2, 0.25) is 0 Å². The minimum absolute atomic E-state index is 0.266. The van der Waals surface area contributed by atoms with E-state index in [1.54, 1.807) is 36.4 Å². The van der Waals surface area contributed by atoms with Gasteiger partial charge in [-0.3, -0.25) is 4.79 Å². The Morgan fingerprint density at radius 1 is 1.12 bits per heavy atom. The molecule has 0 bridgehead atoms. The molecule has 0 saturated carbocycles. The monoisotopic (exact) mass is 264 g/mol. The molecule has 0 aliphatic carbocycles. The lowest BCUT2D eigenvalue weighted by Crippen LogP contribution is -2.12. The fraction of sp³-hybridized carbons (Fsp3) is 0. The van der Waals surface area contributed by atoms with E-state index in [-0.39, 0.29) is 5.91 Å². The first-order valence-corrected chi connectivity index (χ1v) is 5.65. The molecule has 0 aromatic heterocycles. The number of hydrogen-bond acceptors (Lipinski definition) is 1. The molecule has 1 N–H and O–H groups in total. The number of halogens is 2. The van der Waals surface area contributed by atoms with Gasteiger partial charge < -0.3 is 5.32 Å². The predicted molar refractivity (Wildman–Crippen MR) is 69.7 cm³/mol. The summed E-state index contributed by atoms with van der Waals surface area (Å²) in [7, 11) is 0. The third kappa shape index (κ3) is 2.99. The lowest BCUT2D eigenvalue weighted by atomic mass is 10.2. The summed E-state index contributed by atoms with van der Waals surface area (Å²) in [6.07, 6.45) is 0. The molecule has 0 heterocycles. The Labute approximate surface area is 109 Å². The van der Waals surface area contributed by atoms with Crippen LogP contribution in [0.2, 0.25) is 10.0 Å². The van der Waals surface area contributed by atoms with E-state index >= 15 is 0 Å². The number of carbonyl (C=O) groups is 1. The van der Waals surface area contributed by atoms with E-state index in [9.17, 15) is 4.79 Å². The van der Waals surface area contributed by atoms with Gasteiger partial charge in [0, 0.05) is 10.7 Å². The zero-order valence-electron chi connectivity index (χ0n) is 8.71. The van der Waals surface area contributed by atoms with Crippen LogP contribution in [0.3, 0.4) is 0 Å². The Bertz CT molecular complexity index is 540. The molecule has 0 aliphatic rings. The van der Waals surface area contributed by atoms with E-state index in [2.05, 4.69) is 11.4 Å². The van der Waals surface area contributed by atoms with Crippen LogP contribution >= 0.6 is 23.2 Å². The first kappa shape index (κ1) is 12.0. The highest BCUT2D eigenvalue weighted by Crippen LogP contribution is 2.21. The van der Waals surface area contributed by atoms with E-state index in [4.69, 9.17) is 23.2 Å². The predicted octanol–water partition coefficient (Wildman–Crippen LogP) is 4.05. The van der Waals surface area contributed by atoms with Gasteiger partial charge in [0.1, 0.15) is 0 Å². The van der Waals surface area contributed by atoms with Gasteiger partial charge in [-0.2, -0.15) is 0 Å². The summed E-state index contributed by atoms with van der Waals surface area (Å²) < 4.78 is 0. The SMILES string of the molecule is O=C(Nc1cc[c]cc1)c1ccc(Cl)cc1Cl. The van der Waals surface area contributed by atoms with Crippen LogP contribution < -0.4 is 5.32 Å². The lowest BCUT2D eigenvalue weighted by Gasteiger charge is -2.06. The normalized spacial score (nSPS) is 10.0. The summed E-state index contributed by atoms with van der Waals surface area (Å²) in [5, 5.41) is 3.56. The van der Waals surface area contributed by atoms with Gasteiger partial charge in [-0.1, -0.05) is 35.3 Å². The average molecular weight is 265 g/mol. The molecule has 2 nitrogen and oxygen atoms in total. The minimum atomic E-state index is -0.266. The molecule has 2 aromatic carbocycles. The van der Waals surface area contributed by atoms with Crippen molar-refractivity contribution in [2.45, 2.75) is 0 Å². The standard InChI is InChI=1S/C13H8Cl2NO/c14-9-6-7-11(12(15)8-9)13(17)16-10-4-2-1-3-5-10/h2-8H,(H,16,17). The van der Waals surface area contributed by atoms with Crippen LogP contribution in [0.4, 0.5) is 5.69 Å². The van der Waals surface area contributed by atoms with Crippen LogP contribution in [0.1, 0.15) is 10.4 Å². The maximum atomic E-state index is 11.9. The van der Waals surface area contributed by atoms with E-state index in [1.165, 1.54) is 6.07 Å². The third-order valence-electron chi connectivity index (χ3n) is 2.15. The Hall–Kier alpha value is -1.51. The molecule has 1 radical (unpaired) electrons. The zero-order valence-corrected chi connectivity index (χ0v) is 10.2. The van der Waals surface area contributed by atoms with Crippen molar-refractivity contribution >= 4 is 34.8 Å². The number of rotatable bonds is 2. The van der Waals surface area contributed by atoms with Crippen molar-refractivity contribution < 1.29 is 4.79 Å². The Morgan fingerprint density at radius 3 is 2.47 bits per heavy atom. The van der Waals surface area contributed by atoms with Crippen molar-refractivity contribution in [3.05, 3.63) is 64.1 Å². The summed E-state index contributed by atoms with van der Waals surface area (Å²) in [5.74, 6) is -0.266. The maximum absolute atomic E-state index is 11.9. The van der Waals surface area contributed by atoms with Gasteiger partial charge in [0.05, 0.1) is 10.6 Å². The molecule has 2 rings (SSSR count). The molecule has 17 heavy (non-hydrogen) atoms. The van der Waals surface area contributed by atoms with Gasteiger partial charge in [0.15, 0.2) is 0 Å². The highest BCUT2D eigenvalue weighted by Gasteiger charge is 2.10. The first-order valence-electron chi connectivity index (χ1n) is 4.89. The third-order valence-corrected chi connectivity index (χ3v) is 2.70. The van der Waals surface area contributed by atoms with Crippen molar-refractivity contribution in [1.29, 1.82) is 0 Å². The minimum Gasteiger partial charge on any atom is -0.322 e. The fourth-order valence-electron chi connectivity index (χ4n) is 1.34. The Balaban J connectivity index is 2.21. The van der Waals surface area contributed by atoms with E-state index in [1.807, 2.05) is 0 Å². The quantitative estimate of drug-likeness (QED) is 0.872. The molecule has 0 aliphatic heterocycles. The number of amides is 1. The Kier molecular flexibility index (Phi) is 3.67. The second-order valence-corrected chi connectivity index (χ2v) is 4.21. The highest BCUT2D eigenvalue weighted by molar-refractivity contribution is 6.37. The Morgan fingerprint density at radius 2 is 1.82 bits per heavy atom. The summed E-state index contributed by atoms with van der Waals surface area (Å²) in [4.78, 5) is 11.9. The van der Waals surface area contributed by atoms with Crippen LogP contribution in [0.25, 0.3) is 0 Å². The molecule has 0 fully saturated rings. The number of anilines is 1. The van der Waals surface area contributed by atoms with Gasteiger partial charge in [-0.05, 0) is 36.4 Å². The summed E-state index contributed by atoms with van der Waals surface area (Å²) >= 11 is 11.7. The van der Waals surface area contributed by atoms with Gasteiger partial charge in [-0.25, -0.2) is 0 Å². The number of benzene rings is 2. The van der Waals surface area contributed by atoms with Crippen LogP contribution in [0.5, 0.6) is 0 Å². The molecule has 0 unspecified atom stereocenters. The van der Waals surface area contributed by atoms with Crippen molar-refractivity contribution in [3.8, 4) is 0 Å². The topological polar surface area (TPSA) is 29.1 Å². The molecule has 4 heteroatoms. The summed E-state index contributed by atoms with van der Waals surface area (Å²) in [6.45, 7) is 0. The van der Waals surface area contributed by atoms with E-state index in [0.29, 0.717) is 21.3 Å². The highest BCUT2D eigenvalue weighted by atomic mass is 35.5. The lowest BCUT2D eigenvalue weighted by molar-refractivity contribution is 0.102. The fourth-order valence-corrected chi connectivity index (χ4v) is 1.84. The summed E-state index contributed by atoms with van der Waals surface area (Å²) in [5.41, 5.74) is 1.09. The average Bonchev–Trinajstić information content (AvgIpc) is 2.30. The molecule has 0 atom stereocenters. The number of nitrogens with one attached hydrogen (secondary N) is 1. The second-order valence-electron chi connectivity index (χ2n) is 3.37. The van der Waals surface area contributed by atoms with Crippen LogP contribution in [0, 0.1) is 6.07 Å². The van der Waals surface area contributed by atoms with Crippen molar-refractivity contribution in [1.82, 2.24) is 0 Å². The summed E-state index contributed by atoms with van der Waals surface area (Å²) in [6, 6.07) is 14.6. The van der Waals surface area contributed by atoms with Crippen molar-refractivity contribution in [3.63, 3.8) is 0 Å². The second kappa shape index (κ2) is 5.21. The molecular weight excluding hydrogens is 257 g/mol. The first-order chi connectivity index (χ1) is 8.16. The number of hydrogen-bond donors (Lipinski definition) is 1. The van der Waals surface area contributed by atoms with Crippen LogP contribution in [-0.4, -0.2) is 5.91 Å². The molecule has 1 amide bonds. The van der Waals surface area contributed by atoms with Gasteiger partial charge in [-0.15, -0.1) is 0 Å². The van der Waals surface area contributed by atoms with E-state index in [0.717, 1.165) is 0 Å². The number of carbonyl (C=O) groups excluding carboxylic acids is 1. The van der Waals surface area contributed by atoms with Gasteiger partial charge in [0.25, 0.3) is 5.91 Å².